The summed E-state index contributed by atoms with van der Waals surface area (Å²) in [6.45, 7) is 5.42. The number of benzene rings is 1. The molecule has 3 rings (SSSR count). The van der Waals surface area contributed by atoms with Crippen molar-refractivity contribution in [1.29, 1.82) is 0 Å². The number of carbonyl (C=O) groups excluding carboxylic acids is 4. The number of rotatable bonds is 6. The van der Waals surface area contributed by atoms with Crippen molar-refractivity contribution in [2.45, 2.75) is 39.5 Å². The van der Waals surface area contributed by atoms with Crippen molar-refractivity contribution in [2.75, 3.05) is 44.7 Å². The van der Waals surface area contributed by atoms with Gasteiger partial charge in [-0.1, -0.05) is 6.92 Å². The Bertz CT molecular complexity index is 869. The van der Waals surface area contributed by atoms with E-state index in [1.165, 1.54) is 4.90 Å². The summed E-state index contributed by atoms with van der Waals surface area (Å²) >= 11 is 0. The van der Waals surface area contributed by atoms with E-state index in [0.717, 1.165) is 17.7 Å². The van der Waals surface area contributed by atoms with Crippen molar-refractivity contribution < 1.29 is 23.9 Å². The summed E-state index contributed by atoms with van der Waals surface area (Å²) in [4.78, 5) is 54.5. The third-order valence-corrected chi connectivity index (χ3v) is 5.94. The summed E-state index contributed by atoms with van der Waals surface area (Å²) in [5.74, 6) is -0.911. The van der Waals surface area contributed by atoms with E-state index >= 15 is 0 Å². The molecule has 0 N–H and O–H groups in total. The van der Waals surface area contributed by atoms with Crippen LogP contribution in [0.2, 0.25) is 0 Å². The van der Waals surface area contributed by atoms with E-state index < -0.39 is 0 Å². The number of esters is 1. The SMILES string of the molecule is CCOC(=O)C1CCCN(C(=O)CN(C)C(=O)c2ccc3c(c2)CCN3C(=O)CC)C1. The Morgan fingerprint density at radius 1 is 1.13 bits per heavy atom. The Morgan fingerprint density at radius 2 is 1.90 bits per heavy atom. The summed E-state index contributed by atoms with van der Waals surface area (Å²) in [6, 6.07) is 5.34. The molecule has 8 heteroatoms. The Balaban J connectivity index is 1.61. The third kappa shape index (κ3) is 5.06. The van der Waals surface area contributed by atoms with E-state index in [1.54, 1.807) is 29.8 Å². The van der Waals surface area contributed by atoms with Crippen LogP contribution in [0.15, 0.2) is 18.2 Å². The number of hydrogen-bond acceptors (Lipinski definition) is 5. The van der Waals surface area contributed by atoms with Crippen LogP contribution in [0.1, 0.15) is 49.0 Å². The van der Waals surface area contributed by atoms with Crippen molar-refractivity contribution in [3.63, 3.8) is 0 Å². The van der Waals surface area contributed by atoms with Crippen LogP contribution < -0.4 is 4.90 Å². The topological polar surface area (TPSA) is 87.2 Å². The second-order valence-electron chi connectivity index (χ2n) is 8.08. The highest BCUT2D eigenvalue weighted by molar-refractivity contribution is 5.99. The highest BCUT2D eigenvalue weighted by Gasteiger charge is 2.30. The van der Waals surface area contributed by atoms with Crippen LogP contribution in [-0.2, 0) is 25.5 Å². The minimum atomic E-state index is -0.302. The van der Waals surface area contributed by atoms with Crippen LogP contribution in [0.4, 0.5) is 5.69 Å². The fraction of sp³-hybridized carbons (Fsp3) is 0.565. The van der Waals surface area contributed by atoms with Gasteiger partial charge in [0.15, 0.2) is 0 Å². The molecule has 8 nitrogen and oxygen atoms in total. The van der Waals surface area contributed by atoms with Gasteiger partial charge in [0.1, 0.15) is 0 Å². The van der Waals surface area contributed by atoms with E-state index in [1.807, 2.05) is 19.1 Å². The van der Waals surface area contributed by atoms with Crippen molar-refractivity contribution in [1.82, 2.24) is 9.80 Å². The number of fused-ring (bicyclic) bond motifs is 1. The van der Waals surface area contributed by atoms with Gasteiger partial charge in [-0.15, -0.1) is 0 Å². The summed E-state index contributed by atoms with van der Waals surface area (Å²) in [7, 11) is 1.60. The molecule has 1 fully saturated rings. The molecule has 0 bridgehead atoms. The Labute approximate surface area is 183 Å². The molecule has 0 radical (unpaired) electrons. The molecular weight excluding hydrogens is 398 g/mol. The number of likely N-dealkylation sites (tertiary alicyclic amines) is 1. The van der Waals surface area contributed by atoms with Crippen LogP contribution in [0.3, 0.4) is 0 Å². The fourth-order valence-electron chi connectivity index (χ4n) is 4.24. The minimum Gasteiger partial charge on any atom is -0.466 e. The highest BCUT2D eigenvalue weighted by atomic mass is 16.5. The summed E-state index contributed by atoms with van der Waals surface area (Å²) < 4.78 is 5.09. The summed E-state index contributed by atoms with van der Waals surface area (Å²) in [6.07, 6.45) is 2.61. The highest BCUT2D eigenvalue weighted by Crippen LogP contribution is 2.29. The molecule has 1 aromatic carbocycles. The predicted molar refractivity (Wildman–Crippen MR) is 116 cm³/mol. The molecule has 0 spiro atoms. The molecule has 0 aliphatic carbocycles. The lowest BCUT2D eigenvalue weighted by Crippen LogP contribution is -2.47. The number of carbonyl (C=O) groups is 4. The third-order valence-electron chi connectivity index (χ3n) is 5.94. The molecule has 1 atom stereocenters. The van der Waals surface area contributed by atoms with Crippen LogP contribution >= 0.6 is 0 Å². The van der Waals surface area contributed by atoms with Crippen molar-refractivity contribution in [3.05, 3.63) is 29.3 Å². The first-order chi connectivity index (χ1) is 14.8. The fourth-order valence-corrected chi connectivity index (χ4v) is 4.24. The maximum Gasteiger partial charge on any atom is 0.310 e. The normalized spacial score (nSPS) is 17.8. The molecule has 1 aromatic rings. The van der Waals surface area contributed by atoms with E-state index in [4.69, 9.17) is 4.74 Å². The van der Waals surface area contributed by atoms with Crippen molar-refractivity contribution >= 4 is 29.4 Å². The maximum atomic E-state index is 12.9. The van der Waals surface area contributed by atoms with Crippen molar-refractivity contribution in [2.24, 2.45) is 5.92 Å². The van der Waals surface area contributed by atoms with E-state index in [2.05, 4.69) is 0 Å². The molecule has 3 amide bonds. The average molecular weight is 430 g/mol. The van der Waals surface area contributed by atoms with Gasteiger partial charge < -0.3 is 19.4 Å². The van der Waals surface area contributed by atoms with Crippen LogP contribution in [0.25, 0.3) is 0 Å². The molecule has 0 aromatic heterocycles. The second kappa shape index (κ2) is 9.94. The lowest BCUT2D eigenvalue weighted by molar-refractivity contribution is -0.151. The van der Waals surface area contributed by atoms with Crippen molar-refractivity contribution in [3.8, 4) is 0 Å². The van der Waals surface area contributed by atoms with E-state index in [9.17, 15) is 19.2 Å². The smallest absolute Gasteiger partial charge is 0.310 e. The molecule has 0 saturated carbocycles. The molecule has 168 valence electrons. The van der Waals surface area contributed by atoms with Crippen LogP contribution in [0.5, 0.6) is 0 Å². The van der Waals surface area contributed by atoms with Gasteiger partial charge in [0.05, 0.1) is 19.1 Å². The lowest BCUT2D eigenvalue weighted by Gasteiger charge is -2.32. The minimum absolute atomic E-state index is 0.0497. The van der Waals surface area contributed by atoms with Gasteiger partial charge in [-0.2, -0.15) is 0 Å². The number of ether oxygens (including phenoxy) is 1. The number of likely N-dealkylation sites (N-methyl/N-ethyl adjacent to an activating group) is 1. The lowest BCUT2D eigenvalue weighted by atomic mass is 9.98. The van der Waals surface area contributed by atoms with Gasteiger partial charge in [-0.3, -0.25) is 19.2 Å². The molecule has 2 aliphatic heterocycles. The molecule has 1 saturated heterocycles. The first kappa shape index (κ1) is 22.8. The Morgan fingerprint density at radius 3 is 2.61 bits per heavy atom. The van der Waals surface area contributed by atoms with Gasteiger partial charge >= 0.3 is 5.97 Å². The molecule has 1 unspecified atom stereocenters. The number of nitrogens with zero attached hydrogens (tertiary/aromatic N) is 3. The van der Waals surface area contributed by atoms with Gasteiger partial charge in [-0.25, -0.2) is 0 Å². The van der Waals surface area contributed by atoms with Crippen LogP contribution in [-0.4, -0.2) is 73.3 Å². The summed E-state index contributed by atoms with van der Waals surface area (Å²) in [5.41, 5.74) is 2.34. The Kier molecular flexibility index (Phi) is 7.30. The van der Waals surface area contributed by atoms with Gasteiger partial charge in [0, 0.05) is 44.4 Å². The zero-order chi connectivity index (χ0) is 22.5. The molecule has 2 aliphatic rings. The quantitative estimate of drug-likeness (QED) is 0.644. The zero-order valence-electron chi connectivity index (χ0n) is 18.6. The van der Waals surface area contributed by atoms with E-state index in [0.29, 0.717) is 51.1 Å². The maximum absolute atomic E-state index is 12.9. The number of anilines is 1. The number of amides is 3. The Hall–Kier alpha value is -2.90. The standard InChI is InChI=1S/C23H31N3O5/c1-4-20(27)26-12-10-16-13-17(8-9-19(16)26)22(29)24(3)15-21(28)25-11-6-7-18(14-25)23(30)31-5-2/h8-9,13,18H,4-7,10-12,14-15H2,1-3H3. The zero-order valence-corrected chi connectivity index (χ0v) is 18.6. The van der Waals surface area contributed by atoms with Gasteiger partial charge in [-0.05, 0) is 49.9 Å². The number of hydrogen-bond donors (Lipinski definition) is 0. The van der Waals surface area contributed by atoms with Gasteiger partial charge in [0.2, 0.25) is 11.8 Å². The average Bonchev–Trinajstić information content (AvgIpc) is 3.21. The first-order valence-corrected chi connectivity index (χ1v) is 11.0. The largest absolute Gasteiger partial charge is 0.466 e. The van der Waals surface area contributed by atoms with E-state index in [-0.39, 0.29) is 36.2 Å². The monoisotopic (exact) mass is 429 g/mol. The second-order valence-corrected chi connectivity index (χ2v) is 8.08. The first-order valence-electron chi connectivity index (χ1n) is 11.0. The molecule has 2 heterocycles. The number of piperidine rings is 1. The summed E-state index contributed by atoms with van der Waals surface area (Å²) in [5, 5.41) is 0. The predicted octanol–water partition coefficient (Wildman–Crippen LogP) is 1.86. The van der Waals surface area contributed by atoms with Gasteiger partial charge in [0.25, 0.3) is 5.91 Å². The van der Waals surface area contributed by atoms with Crippen LogP contribution in [0, 0.1) is 5.92 Å². The molecular formula is C23H31N3O5. The molecule has 31 heavy (non-hydrogen) atoms.